The van der Waals surface area contributed by atoms with Crippen molar-refractivity contribution in [3.8, 4) is 0 Å². The summed E-state index contributed by atoms with van der Waals surface area (Å²) >= 11 is 1.68. The van der Waals surface area contributed by atoms with Crippen molar-refractivity contribution < 1.29 is 9.59 Å². The number of amides is 2. The van der Waals surface area contributed by atoms with Gasteiger partial charge in [0.2, 0.25) is 11.8 Å². The quantitative estimate of drug-likeness (QED) is 0.537. The van der Waals surface area contributed by atoms with Gasteiger partial charge >= 0.3 is 0 Å². The summed E-state index contributed by atoms with van der Waals surface area (Å²) in [6, 6.07) is 18.0. The second-order valence-corrected chi connectivity index (χ2v) is 9.61. The molecule has 166 valence electrons. The van der Waals surface area contributed by atoms with E-state index in [0.717, 1.165) is 23.3 Å². The van der Waals surface area contributed by atoms with Crippen LogP contribution in [0.5, 0.6) is 0 Å². The molecule has 1 fully saturated rings. The summed E-state index contributed by atoms with van der Waals surface area (Å²) < 4.78 is 0. The molecule has 5 heteroatoms. The van der Waals surface area contributed by atoms with Crippen LogP contribution in [0.3, 0.4) is 0 Å². The maximum atomic E-state index is 13.2. The van der Waals surface area contributed by atoms with E-state index < -0.39 is 6.04 Å². The predicted octanol–water partition coefficient (Wildman–Crippen LogP) is 5.34. The van der Waals surface area contributed by atoms with E-state index in [1.165, 1.54) is 24.8 Å². The number of nitrogens with zero attached hydrogens (tertiary/aromatic N) is 1. The molecule has 1 N–H and O–H groups in total. The molecule has 3 rings (SSSR count). The molecular formula is C26H34N2O2S. The van der Waals surface area contributed by atoms with Gasteiger partial charge in [0.15, 0.2) is 0 Å². The van der Waals surface area contributed by atoms with E-state index in [4.69, 9.17) is 0 Å². The number of hydrogen-bond donors (Lipinski definition) is 1. The lowest BCUT2D eigenvalue weighted by atomic mass is 9.95. The van der Waals surface area contributed by atoms with Gasteiger partial charge in [0.25, 0.3) is 0 Å². The van der Waals surface area contributed by atoms with Crippen molar-refractivity contribution in [1.29, 1.82) is 0 Å². The van der Waals surface area contributed by atoms with Gasteiger partial charge in [-0.3, -0.25) is 9.59 Å². The molecule has 2 aromatic rings. The van der Waals surface area contributed by atoms with Crippen LogP contribution in [0.15, 0.2) is 59.5 Å². The number of benzene rings is 2. The molecule has 31 heavy (non-hydrogen) atoms. The van der Waals surface area contributed by atoms with Crippen molar-refractivity contribution in [2.45, 2.75) is 75.9 Å². The van der Waals surface area contributed by atoms with Gasteiger partial charge in [-0.25, -0.2) is 0 Å². The molecular weight excluding hydrogens is 404 g/mol. The fourth-order valence-corrected chi connectivity index (χ4v) is 4.81. The smallest absolute Gasteiger partial charge is 0.242 e. The number of hydrogen-bond acceptors (Lipinski definition) is 3. The lowest BCUT2D eigenvalue weighted by molar-refractivity contribution is -0.140. The predicted molar refractivity (Wildman–Crippen MR) is 128 cm³/mol. The largest absolute Gasteiger partial charge is 0.352 e. The molecule has 0 heterocycles. The van der Waals surface area contributed by atoms with Crippen molar-refractivity contribution in [2.75, 3.05) is 5.75 Å². The number of rotatable bonds is 9. The van der Waals surface area contributed by atoms with Crippen LogP contribution in [-0.4, -0.2) is 34.6 Å². The second-order valence-electron chi connectivity index (χ2n) is 8.44. The van der Waals surface area contributed by atoms with E-state index in [1.54, 1.807) is 16.7 Å². The normalized spacial score (nSPS) is 15.3. The Morgan fingerprint density at radius 2 is 1.71 bits per heavy atom. The second kappa shape index (κ2) is 11.9. The molecule has 0 radical (unpaired) electrons. The Morgan fingerprint density at radius 1 is 1.03 bits per heavy atom. The molecule has 0 spiro atoms. The Labute approximate surface area is 190 Å². The summed E-state index contributed by atoms with van der Waals surface area (Å²) in [5, 5.41) is 3.19. The molecule has 1 atom stereocenters. The Kier molecular flexibility index (Phi) is 9.01. The van der Waals surface area contributed by atoms with E-state index in [0.29, 0.717) is 18.7 Å². The van der Waals surface area contributed by atoms with Crippen LogP contribution in [0.25, 0.3) is 0 Å². The summed E-state index contributed by atoms with van der Waals surface area (Å²) in [6.45, 7) is 4.37. The topological polar surface area (TPSA) is 49.4 Å². The summed E-state index contributed by atoms with van der Waals surface area (Å²) in [7, 11) is 0. The van der Waals surface area contributed by atoms with Crippen LogP contribution in [0.1, 0.15) is 56.6 Å². The van der Waals surface area contributed by atoms with Crippen molar-refractivity contribution in [1.82, 2.24) is 10.2 Å². The fraction of sp³-hybridized carbons (Fsp3) is 0.462. The average molecular weight is 439 g/mol. The van der Waals surface area contributed by atoms with E-state index in [-0.39, 0.29) is 17.9 Å². The highest BCUT2D eigenvalue weighted by molar-refractivity contribution is 7.99. The van der Waals surface area contributed by atoms with E-state index >= 15 is 0 Å². The minimum absolute atomic E-state index is 0.0229. The fourth-order valence-electron chi connectivity index (χ4n) is 3.97. The minimum Gasteiger partial charge on any atom is -0.352 e. The highest BCUT2D eigenvalue weighted by atomic mass is 32.2. The van der Waals surface area contributed by atoms with E-state index in [9.17, 15) is 9.59 Å². The Morgan fingerprint density at radius 3 is 2.39 bits per heavy atom. The lowest BCUT2D eigenvalue weighted by Crippen LogP contribution is -2.50. The van der Waals surface area contributed by atoms with Crippen molar-refractivity contribution in [3.05, 3.63) is 65.7 Å². The monoisotopic (exact) mass is 438 g/mol. The maximum Gasteiger partial charge on any atom is 0.242 e. The SMILES string of the molecule is Cc1ccc(SCCC(=O)N(Cc2ccccc2)[C@@H](C)C(=O)NC2CCCCC2)cc1. The van der Waals surface area contributed by atoms with Crippen LogP contribution in [-0.2, 0) is 16.1 Å². The third-order valence-electron chi connectivity index (χ3n) is 5.92. The molecule has 2 amide bonds. The summed E-state index contributed by atoms with van der Waals surface area (Å²) in [4.78, 5) is 29.0. The highest BCUT2D eigenvalue weighted by Gasteiger charge is 2.27. The van der Waals surface area contributed by atoms with Gasteiger partial charge in [0.1, 0.15) is 6.04 Å². The summed E-state index contributed by atoms with van der Waals surface area (Å²) in [5.74, 6) is 0.682. The van der Waals surface area contributed by atoms with E-state index in [1.807, 2.05) is 37.3 Å². The van der Waals surface area contributed by atoms with Gasteiger partial charge in [-0.15, -0.1) is 11.8 Å². The number of aryl methyl sites for hydroxylation is 1. The van der Waals surface area contributed by atoms with Crippen molar-refractivity contribution in [3.63, 3.8) is 0 Å². The van der Waals surface area contributed by atoms with E-state index in [2.05, 4.69) is 36.5 Å². The average Bonchev–Trinajstić information content (AvgIpc) is 2.79. The molecule has 4 nitrogen and oxygen atoms in total. The first-order valence-corrected chi connectivity index (χ1v) is 12.3. The first kappa shape index (κ1) is 23.4. The summed E-state index contributed by atoms with van der Waals surface area (Å²) in [5.41, 5.74) is 2.27. The van der Waals surface area contributed by atoms with Gasteiger partial charge in [-0.05, 0) is 44.4 Å². The van der Waals surface area contributed by atoms with Crippen LogP contribution < -0.4 is 5.32 Å². The lowest BCUT2D eigenvalue weighted by Gasteiger charge is -2.31. The molecule has 0 bridgehead atoms. The summed E-state index contributed by atoms with van der Waals surface area (Å²) in [6.07, 6.45) is 6.08. The molecule has 2 aromatic carbocycles. The number of thioether (sulfide) groups is 1. The van der Waals surface area contributed by atoms with Crippen LogP contribution >= 0.6 is 11.8 Å². The molecule has 0 aromatic heterocycles. The number of carbonyl (C=O) groups excluding carboxylic acids is 2. The zero-order valence-corrected chi connectivity index (χ0v) is 19.5. The van der Waals surface area contributed by atoms with Crippen LogP contribution in [0.2, 0.25) is 0 Å². The zero-order chi connectivity index (χ0) is 22.1. The molecule has 0 unspecified atom stereocenters. The molecule has 1 saturated carbocycles. The first-order valence-electron chi connectivity index (χ1n) is 11.4. The Balaban J connectivity index is 1.61. The van der Waals surface area contributed by atoms with Gasteiger partial charge in [-0.2, -0.15) is 0 Å². The zero-order valence-electron chi connectivity index (χ0n) is 18.7. The highest BCUT2D eigenvalue weighted by Crippen LogP contribution is 2.21. The molecule has 1 aliphatic rings. The van der Waals surface area contributed by atoms with Gasteiger partial charge in [-0.1, -0.05) is 67.3 Å². The number of nitrogens with one attached hydrogen (secondary N) is 1. The number of carbonyl (C=O) groups is 2. The molecule has 0 saturated heterocycles. The van der Waals surface area contributed by atoms with Crippen LogP contribution in [0, 0.1) is 6.92 Å². The van der Waals surface area contributed by atoms with Gasteiger partial charge in [0.05, 0.1) is 0 Å². The first-order chi connectivity index (χ1) is 15.0. The van der Waals surface area contributed by atoms with Crippen molar-refractivity contribution >= 4 is 23.6 Å². The third kappa shape index (κ3) is 7.42. The van der Waals surface area contributed by atoms with Crippen molar-refractivity contribution in [2.24, 2.45) is 0 Å². The Bertz CT molecular complexity index is 832. The van der Waals surface area contributed by atoms with Gasteiger partial charge < -0.3 is 10.2 Å². The van der Waals surface area contributed by atoms with Gasteiger partial charge in [0, 0.05) is 29.7 Å². The maximum absolute atomic E-state index is 13.2. The van der Waals surface area contributed by atoms with Crippen LogP contribution in [0.4, 0.5) is 0 Å². The molecule has 1 aliphatic carbocycles. The third-order valence-corrected chi connectivity index (χ3v) is 6.93. The minimum atomic E-state index is -0.487. The Hall–Kier alpha value is -2.27. The standard InChI is InChI=1S/C26H34N2O2S/c1-20-13-15-24(16-14-20)31-18-17-25(29)28(19-22-9-5-3-6-10-22)21(2)26(30)27-23-11-7-4-8-12-23/h3,5-6,9-10,13-16,21,23H,4,7-8,11-12,17-19H2,1-2H3,(H,27,30)/t21-/m0/s1. The molecule has 0 aliphatic heterocycles.